The predicted octanol–water partition coefficient (Wildman–Crippen LogP) is 3.71. The zero-order valence-electron chi connectivity index (χ0n) is 14.9. The molecule has 3 fully saturated rings. The van der Waals surface area contributed by atoms with E-state index in [0.717, 1.165) is 12.8 Å². The molecule has 142 valence electrons. The number of benzene rings is 2. The van der Waals surface area contributed by atoms with Crippen molar-refractivity contribution in [1.82, 2.24) is 0 Å². The van der Waals surface area contributed by atoms with E-state index in [1.807, 2.05) is 6.07 Å². The van der Waals surface area contributed by atoms with E-state index in [0.29, 0.717) is 21.8 Å². The smallest absolute Gasteiger partial charge is 0.310 e. The van der Waals surface area contributed by atoms with Crippen molar-refractivity contribution >= 4 is 34.9 Å². The molecule has 2 bridgehead atoms. The summed E-state index contributed by atoms with van der Waals surface area (Å²) in [7, 11) is 0. The Kier molecular flexibility index (Phi) is 4.02. The lowest BCUT2D eigenvalue weighted by Gasteiger charge is -2.24. The molecule has 0 unspecified atom stereocenters. The van der Waals surface area contributed by atoms with Gasteiger partial charge in [-0.2, -0.15) is 0 Å². The molecule has 28 heavy (non-hydrogen) atoms. The molecule has 2 aliphatic carbocycles. The summed E-state index contributed by atoms with van der Waals surface area (Å²) in [5.41, 5.74) is 1.26. The second-order valence-corrected chi connectivity index (χ2v) is 8.23. The molecule has 5 rings (SSSR count). The third-order valence-electron chi connectivity index (χ3n) is 6.31. The maximum atomic E-state index is 13.1. The second kappa shape index (κ2) is 6.45. The van der Waals surface area contributed by atoms with Gasteiger partial charge in [-0.15, -0.1) is 0 Å². The number of rotatable bonds is 4. The van der Waals surface area contributed by atoms with Gasteiger partial charge in [0.05, 0.1) is 17.5 Å². The quantitative estimate of drug-likeness (QED) is 0.632. The molecular formula is C22H18ClNO4. The maximum absolute atomic E-state index is 13.1. The number of nitrogens with one attached hydrogen (secondary N) is 1. The molecule has 2 saturated carbocycles. The average Bonchev–Trinajstić information content (AvgIpc) is 3.32. The van der Waals surface area contributed by atoms with E-state index < -0.39 is 5.92 Å². The van der Waals surface area contributed by atoms with Crippen molar-refractivity contribution in [1.29, 1.82) is 0 Å². The number of hydrogen-bond donors (Lipinski definition) is 1. The van der Waals surface area contributed by atoms with E-state index in [-0.39, 0.29) is 41.5 Å². The number of ketones is 1. The van der Waals surface area contributed by atoms with Crippen LogP contribution in [0.5, 0.6) is 0 Å². The van der Waals surface area contributed by atoms with Gasteiger partial charge < -0.3 is 10.1 Å². The highest BCUT2D eigenvalue weighted by atomic mass is 35.5. The van der Waals surface area contributed by atoms with Crippen LogP contribution in [0, 0.1) is 23.7 Å². The Balaban J connectivity index is 1.44. The summed E-state index contributed by atoms with van der Waals surface area (Å²) in [6, 6.07) is 13.7. The molecule has 2 aromatic rings. The fraction of sp³-hybridized carbons (Fsp3) is 0.318. The molecule has 1 saturated heterocycles. The van der Waals surface area contributed by atoms with E-state index in [1.54, 1.807) is 42.5 Å². The van der Waals surface area contributed by atoms with Crippen LogP contribution in [-0.4, -0.2) is 23.8 Å². The zero-order chi connectivity index (χ0) is 19.4. The van der Waals surface area contributed by atoms with Gasteiger partial charge in [0, 0.05) is 22.1 Å². The zero-order valence-corrected chi connectivity index (χ0v) is 15.7. The van der Waals surface area contributed by atoms with Crippen LogP contribution >= 0.6 is 11.6 Å². The average molecular weight is 396 g/mol. The Morgan fingerprint density at radius 1 is 1.07 bits per heavy atom. The topological polar surface area (TPSA) is 72.5 Å². The first-order valence-electron chi connectivity index (χ1n) is 9.43. The Labute approximate surface area is 167 Å². The summed E-state index contributed by atoms with van der Waals surface area (Å²) in [4.78, 5) is 38.2. The van der Waals surface area contributed by atoms with E-state index in [1.165, 1.54) is 0 Å². The molecule has 1 aliphatic heterocycles. The number of hydrogen-bond acceptors (Lipinski definition) is 4. The van der Waals surface area contributed by atoms with Crippen LogP contribution < -0.4 is 5.32 Å². The number of carbonyl (C=O) groups is 3. The van der Waals surface area contributed by atoms with Crippen molar-refractivity contribution in [2.24, 2.45) is 23.7 Å². The van der Waals surface area contributed by atoms with Gasteiger partial charge in [-0.1, -0.05) is 41.9 Å². The normalized spacial score (nSPS) is 29.6. The lowest BCUT2D eigenvalue weighted by atomic mass is 9.79. The van der Waals surface area contributed by atoms with Crippen molar-refractivity contribution in [3.63, 3.8) is 0 Å². The van der Waals surface area contributed by atoms with E-state index in [4.69, 9.17) is 16.3 Å². The van der Waals surface area contributed by atoms with Gasteiger partial charge in [-0.05, 0) is 37.0 Å². The van der Waals surface area contributed by atoms with Gasteiger partial charge in [0.2, 0.25) is 5.91 Å². The number of carbonyl (C=O) groups excluding carboxylic acids is 3. The van der Waals surface area contributed by atoms with Crippen LogP contribution in [0.4, 0.5) is 5.69 Å². The van der Waals surface area contributed by atoms with Crippen LogP contribution in [0.2, 0.25) is 5.02 Å². The van der Waals surface area contributed by atoms with Gasteiger partial charge in [0.1, 0.15) is 6.10 Å². The molecule has 0 radical (unpaired) electrons. The molecule has 2 aromatic carbocycles. The van der Waals surface area contributed by atoms with Gasteiger partial charge in [0.25, 0.3) is 0 Å². The first kappa shape index (κ1) is 17.4. The van der Waals surface area contributed by atoms with Crippen molar-refractivity contribution < 1.29 is 19.1 Å². The number of halogens is 1. The number of esters is 1. The first-order valence-corrected chi connectivity index (χ1v) is 9.81. The number of amides is 1. The Hall–Kier alpha value is -2.66. The molecular weight excluding hydrogens is 378 g/mol. The summed E-state index contributed by atoms with van der Waals surface area (Å²) >= 11 is 6.11. The van der Waals surface area contributed by atoms with Crippen molar-refractivity contribution in [3.8, 4) is 0 Å². The molecule has 1 amide bonds. The van der Waals surface area contributed by atoms with Crippen LogP contribution in [0.1, 0.15) is 28.8 Å². The van der Waals surface area contributed by atoms with Crippen LogP contribution in [-0.2, 0) is 14.3 Å². The number of ether oxygens (including phenoxy) is 1. The number of fused-ring (bicyclic) bond motifs is 1. The minimum atomic E-state index is -0.397. The van der Waals surface area contributed by atoms with Crippen molar-refractivity contribution in [3.05, 3.63) is 64.7 Å². The van der Waals surface area contributed by atoms with E-state index >= 15 is 0 Å². The highest BCUT2D eigenvalue weighted by Gasteiger charge is 2.63. The fourth-order valence-electron chi connectivity index (χ4n) is 5.14. The van der Waals surface area contributed by atoms with Crippen LogP contribution in [0.3, 0.4) is 0 Å². The lowest BCUT2D eigenvalue weighted by molar-refractivity contribution is -0.145. The lowest BCUT2D eigenvalue weighted by Crippen LogP contribution is -2.36. The van der Waals surface area contributed by atoms with Gasteiger partial charge in [-0.3, -0.25) is 14.4 Å². The van der Waals surface area contributed by atoms with Crippen LogP contribution in [0.15, 0.2) is 48.5 Å². The van der Waals surface area contributed by atoms with Crippen molar-refractivity contribution in [2.45, 2.75) is 18.9 Å². The molecule has 5 nitrogen and oxygen atoms in total. The Morgan fingerprint density at radius 3 is 2.64 bits per heavy atom. The Morgan fingerprint density at radius 2 is 1.86 bits per heavy atom. The summed E-state index contributed by atoms with van der Waals surface area (Å²) < 4.78 is 5.41. The molecule has 1 N–H and O–H groups in total. The fourth-order valence-corrected chi connectivity index (χ4v) is 5.31. The highest BCUT2D eigenvalue weighted by molar-refractivity contribution is 6.31. The van der Waals surface area contributed by atoms with Gasteiger partial charge >= 0.3 is 5.97 Å². The molecule has 5 atom stereocenters. The number of anilines is 1. The SMILES string of the molecule is O=C(c1ccccc1)c1cc(Cl)ccc1NC(=O)[C@@H]1[C@@H]2C[C@H]3[C@@H]1C(=O)O[C@@H]3C2. The first-order chi connectivity index (χ1) is 13.5. The Bertz CT molecular complexity index is 987. The van der Waals surface area contributed by atoms with Gasteiger partial charge in [-0.25, -0.2) is 0 Å². The third kappa shape index (κ3) is 2.65. The third-order valence-corrected chi connectivity index (χ3v) is 6.54. The largest absolute Gasteiger partial charge is 0.462 e. The summed E-state index contributed by atoms with van der Waals surface area (Å²) in [6.07, 6.45) is 1.59. The molecule has 0 aromatic heterocycles. The van der Waals surface area contributed by atoms with E-state index in [9.17, 15) is 14.4 Å². The molecule has 1 heterocycles. The summed E-state index contributed by atoms with van der Waals surface area (Å²) in [5, 5.41) is 3.31. The van der Waals surface area contributed by atoms with Crippen molar-refractivity contribution in [2.75, 3.05) is 5.32 Å². The second-order valence-electron chi connectivity index (χ2n) is 7.80. The van der Waals surface area contributed by atoms with Crippen LogP contribution in [0.25, 0.3) is 0 Å². The summed E-state index contributed by atoms with van der Waals surface area (Å²) in [6.45, 7) is 0. The minimum Gasteiger partial charge on any atom is -0.462 e. The molecule has 3 aliphatic rings. The van der Waals surface area contributed by atoms with Gasteiger partial charge in [0.15, 0.2) is 5.78 Å². The monoisotopic (exact) mass is 395 g/mol. The molecule has 6 heteroatoms. The predicted molar refractivity (Wildman–Crippen MR) is 103 cm³/mol. The highest BCUT2D eigenvalue weighted by Crippen LogP contribution is 2.57. The minimum absolute atomic E-state index is 0.0164. The summed E-state index contributed by atoms with van der Waals surface area (Å²) in [5.74, 6) is -1.13. The molecule has 0 spiro atoms. The van der Waals surface area contributed by atoms with E-state index in [2.05, 4.69) is 5.32 Å². The standard InChI is InChI=1S/C22H18ClNO4/c23-13-6-7-16(14(10-13)20(25)11-4-2-1-3-5-11)24-21(26)18-12-8-15-17(9-12)28-22(27)19(15)18/h1-7,10,12,15,17-19H,8-9H2,(H,24,26)/t12-,15-,17-,18-,19+/m1/s1. The maximum Gasteiger partial charge on any atom is 0.310 e.